The lowest BCUT2D eigenvalue weighted by atomic mass is 9.97. The Hall–Kier alpha value is -3.82. The van der Waals surface area contributed by atoms with Crippen molar-refractivity contribution in [2.45, 2.75) is 52.1 Å². The number of ether oxygens (including phenoxy) is 1. The highest BCUT2D eigenvalue weighted by Gasteiger charge is 2.26. The normalized spacial score (nSPS) is 16.5. The van der Waals surface area contributed by atoms with Gasteiger partial charge in [0.15, 0.2) is 5.82 Å². The Bertz CT molecular complexity index is 1290. The number of fused-ring (bicyclic) bond motifs is 2. The van der Waals surface area contributed by atoms with Crippen LogP contribution in [-0.2, 0) is 24.1 Å². The van der Waals surface area contributed by atoms with Crippen LogP contribution in [0, 0.1) is 5.82 Å². The SMILES string of the molecule is CCCOC(=O)N1CCc2cc(F)c(C(=O)Nc3cccc(-c4nnc5n4[C@H](C)CC5)n3)cc2C1. The van der Waals surface area contributed by atoms with E-state index >= 15 is 0 Å². The van der Waals surface area contributed by atoms with Crippen molar-refractivity contribution in [1.82, 2.24) is 24.6 Å². The summed E-state index contributed by atoms with van der Waals surface area (Å²) in [5, 5.41) is 11.2. The summed E-state index contributed by atoms with van der Waals surface area (Å²) in [6.07, 6.45) is 2.71. The average Bonchev–Trinajstić information content (AvgIpc) is 3.45. The average molecular weight is 479 g/mol. The molecule has 5 rings (SSSR count). The van der Waals surface area contributed by atoms with Crippen LogP contribution in [0.3, 0.4) is 0 Å². The first-order valence-corrected chi connectivity index (χ1v) is 11.9. The zero-order chi connectivity index (χ0) is 24.5. The first-order chi connectivity index (χ1) is 16.9. The number of pyridine rings is 1. The molecule has 0 aliphatic carbocycles. The van der Waals surface area contributed by atoms with Gasteiger partial charge in [-0.05, 0) is 61.6 Å². The van der Waals surface area contributed by atoms with E-state index in [0.29, 0.717) is 31.1 Å². The molecular weight excluding hydrogens is 451 g/mol. The highest BCUT2D eigenvalue weighted by atomic mass is 19.1. The second kappa shape index (κ2) is 9.44. The van der Waals surface area contributed by atoms with E-state index in [1.54, 1.807) is 17.0 Å². The Morgan fingerprint density at radius 3 is 2.89 bits per heavy atom. The van der Waals surface area contributed by atoms with Gasteiger partial charge >= 0.3 is 6.09 Å². The van der Waals surface area contributed by atoms with Crippen molar-refractivity contribution < 1.29 is 18.7 Å². The van der Waals surface area contributed by atoms with Crippen LogP contribution < -0.4 is 5.32 Å². The molecule has 0 saturated carbocycles. The smallest absolute Gasteiger partial charge is 0.410 e. The molecule has 2 aromatic heterocycles. The number of aryl methyl sites for hydroxylation is 1. The second-order valence-electron chi connectivity index (χ2n) is 8.95. The van der Waals surface area contributed by atoms with Gasteiger partial charge in [0.1, 0.15) is 23.2 Å². The van der Waals surface area contributed by atoms with Gasteiger partial charge in [0, 0.05) is 25.6 Å². The van der Waals surface area contributed by atoms with Gasteiger partial charge in [-0.1, -0.05) is 13.0 Å². The lowest BCUT2D eigenvalue weighted by molar-refractivity contribution is 0.0978. The Labute approximate surface area is 202 Å². The molecule has 35 heavy (non-hydrogen) atoms. The summed E-state index contributed by atoms with van der Waals surface area (Å²) >= 11 is 0. The Kier molecular flexibility index (Phi) is 6.19. The van der Waals surface area contributed by atoms with Gasteiger partial charge in [0.05, 0.1) is 12.2 Å². The fourth-order valence-corrected chi connectivity index (χ4v) is 4.60. The molecule has 2 aliphatic heterocycles. The highest BCUT2D eigenvalue weighted by Crippen LogP contribution is 2.30. The van der Waals surface area contributed by atoms with Crippen LogP contribution in [0.25, 0.3) is 11.5 Å². The number of carbonyl (C=O) groups is 2. The van der Waals surface area contributed by atoms with Gasteiger partial charge in [0.25, 0.3) is 5.91 Å². The molecular formula is C25H27FN6O3. The number of nitrogens with one attached hydrogen (secondary N) is 1. The van der Waals surface area contributed by atoms with Crippen molar-refractivity contribution >= 4 is 17.8 Å². The Morgan fingerprint density at radius 1 is 1.20 bits per heavy atom. The highest BCUT2D eigenvalue weighted by molar-refractivity contribution is 6.04. The van der Waals surface area contributed by atoms with Crippen molar-refractivity contribution in [3.8, 4) is 11.5 Å². The summed E-state index contributed by atoms with van der Waals surface area (Å²) in [6.45, 7) is 5.10. The number of hydrogen-bond acceptors (Lipinski definition) is 6. The van der Waals surface area contributed by atoms with E-state index in [4.69, 9.17) is 4.74 Å². The lowest BCUT2D eigenvalue weighted by Crippen LogP contribution is -2.36. The van der Waals surface area contributed by atoms with Crippen LogP contribution in [0.1, 0.15) is 60.0 Å². The van der Waals surface area contributed by atoms with E-state index in [1.165, 1.54) is 12.1 Å². The van der Waals surface area contributed by atoms with Crippen LogP contribution >= 0.6 is 0 Å². The second-order valence-corrected chi connectivity index (χ2v) is 8.95. The molecule has 0 spiro atoms. The topological polar surface area (TPSA) is 102 Å². The minimum atomic E-state index is -0.611. The number of anilines is 1. The predicted octanol–water partition coefficient (Wildman–Crippen LogP) is 4.14. The number of carbonyl (C=O) groups excluding carboxylic acids is 2. The summed E-state index contributed by atoms with van der Waals surface area (Å²) in [4.78, 5) is 31.3. The molecule has 0 radical (unpaired) electrons. The van der Waals surface area contributed by atoms with Crippen molar-refractivity contribution in [2.24, 2.45) is 0 Å². The van der Waals surface area contributed by atoms with Crippen molar-refractivity contribution in [1.29, 1.82) is 0 Å². The van der Waals surface area contributed by atoms with Gasteiger partial charge in [-0.15, -0.1) is 10.2 Å². The van der Waals surface area contributed by atoms with E-state index in [9.17, 15) is 14.0 Å². The lowest BCUT2D eigenvalue weighted by Gasteiger charge is -2.28. The monoisotopic (exact) mass is 478 g/mol. The molecule has 1 N–H and O–H groups in total. The number of hydrogen-bond donors (Lipinski definition) is 1. The van der Waals surface area contributed by atoms with E-state index in [1.807, 2.05) is 13.0 Å². The molecule has 0 fully saturated rings. The molecule has 4 heterocycles. The quantitative estimate of drug-likeness (QED) is 0.591. The van der Waals surface area contributed by atoms with Gasteiger partial charge in [-0.3, -0.25) is 4.79 Å². The molecule has 1 aromatic carbocycles. The van der Waals surface area contributed by atoms with Crippen LogP contribution in [0.15, 0.2) is 30.3 Å². The van der Waals surface area contributed by atoms with Crippen LogP contribution in [0.4, 0.5) is 15.0 Å². The minimum absolute atomic E-state index is 0.100. The third-order valence-corrected chi connectivity index (χ3v) is 6.45. The standard InChI is InChI=1S/C25H27FN6O3/c1-3-11-35-25(34)31-10-9-16-13-19(26)18(12-17(16)14-31)24(33)28-21-6-4-5-20(27-21)23-30-29-22-8-7-15(2)32(22)23/h4-6,12-13,15H,3,7-11,14H2,1-2H3,(H,27,28,33)/t15-/m1/s1. The number of benzene rings is 1. The van der Waals surface area contributed by atoms with Crippen LogP contribution in [-0.4, -0.2) is 49.8 Å². The maximum absolute atomic E-state index is 14.8. The number of amides is 2. The first kappa shape index (κ1) is 22.9. The summed E-state index contributed by atoms with van der Waals surface area (Å²) in [5.41, 5.74) is 2.00. The summed E-state index contributed by atoms with van der Waals surface area (Å²) in [6, 6.07) is 8.39. The Balaban J connectivity index is 1.35. The summed E-state index contributed by atoms with van der Waals surface area (Å²) < 4.78 is 22.1. The number of nitrogens with zero attached hydrogens (tertiary/aromatic N) is 5. The molecule has 1 atom stereocenters. The Morgan fingerprint density at radius 2 is 2.06 bits per heavy atom. The van der Waals surface area contributed by atoms with E-state index < -0.39 is 17.8 Å². The van der Waals surface area contributed by atoms with Crippen molar-refractivity contribution in [3.63, 3.8) is 0 Å². The van der Waals surface area contributed by atoms with Crippen molar-refractivity contribution in [2.75, 3.05) is 18.5 Å². The third-order valence-electron chi connectivity index (χ3n) is 6.45. The van der Waals surface area contributed by atoms with Gasteiger partial charge in [0.2, 0.25) is 0 Å². The molecule has 182 valence electrons. The molecule has 9 nitrogen and oxygen atoms in total. The van der Waals surface area contributed by atoms with Gasteiger partial charge in [-0.25, -0.2) is 14.2 Å². The fraction of sp³-hybridized carbons (Fsp3) is 0.400. The van der Waals surface area contributed by atoms with E-state index in [0.717, 1.165) is 36.2 Å². The minimum Gasteiger partial charge on any atom is -0.449 e. The molecule has 2 amide bonds. The fourth-order valence-electron chi connectivity index (χ4n) is 4.60. The molecule has 0 bridgehead atoms. The number of aromatic nitrogens is 4. The van der Waals surface area contributed by atoms with Crippen LogP contribution in [0.5, 0.6) is 0 Å². The number of rotatable bonds is 5. The zero-order valence-corrected chi connectivity index (χ0v) is 19.8. The molecule has 0 saturated heterocycles. The molecule has 0 unspecified atom stereocenters. The third kappa shape index (κ3) is 4.48. The summed E-state index contributed by atoms with van der Waals surface area (Å²) in [7, 11) is 0. The maximum Gasteiger partial charge on any atom is 0.410 e. The molecule has 2 aliphatic rings. The van der Waals surface area contributed by atoms with Gasteiger partial charge in [-0.2, -0.15) is 0 Å². The van der Waals surface area contributed by atoms with E-state index in [2.05, 4.69) is 32.0 Å². The van der Waals surface area contributed by atoms with Crippen LogP contribution in [0.2, 0.25) is 0 Å². The van der Waals surface area contributed by atoms with Crippen molar-refractivity contribution in [3.05, 3.63) is 58.7 Å². The predicted molar refractivity (Wildman–Crippen MR) is 126 cm³/mol. The van der Waals surface area contributed by atoms with E-state index in [-0.39, 0.29) is 24.0 Å². The molecule has 3 aromatic rings. The first-order valence-electron chi connectivity index (χ1n) is 11.9. The number of halogens is 1. The van der Waals surface area contributed by atoms with Gasteiger partial charge < -0.3 is 19.5 Å². The largest absolute Gasteiger partial charge is 0.449 e. The summed E-state index contributed by atoms with van der Waals surface area (Å²) in [5.74, 6) is 0.643. The maximum atomic E-state index is 14.8. The molecule has 10 heteroatoms. The zero-order valence-electron chi connectivity index (χ0n) is 19.8.